The number of benzene rings is 1. The third-order valence-corrected chi connectivity index (χ3v) is 4.30. The molecule has 3 nitrogen and oxygen atoms in total. The fourth-order valence-electron chi connectivity index (χ4n) is 1.87. The van der Waals surface area contributed by atoms with Crippen LogP contribution >= 0.6 is 11.6 Å². The highest BCUT2D eigenvalue weighted by Gasteiger charge is 2.11. The van der Waals surface area contributed by atoms with E-state index in [1.165, 1.54) is 6.26 Å². The lowest BCUT2D eigenvalue weighted by atomic mass is 10.0. The van der Waals surface area contributed by atoms with Crippen molar-refractivity contribution in [2.75, 3.05) is 19.1 Å². The van der Waals surface area contributed by atoms with Crippen molar-refractivity contribution < 1.29 is 8.42 Å². The topological polar surface area (TPSA) is 46.2 Å². The first-order valence-electron chi connectivity index (χ1n) is 6.01. The lowest BCUT2D eigenvalue weighted by Gasteiger charge is -2.16. The molecule has 0 amide bonds. The van der Waals surface area contributed by atoms with Crippen LogP contribution in [0.3, 0.4) is 0 Å². The van der Waals surface area contributed by atoms with E-state index in [-0.39, 0.29) is 11.8 Å². The van der Waals surface area contributed by atoms with E-state index in [0.717, 1.165) is 23.4 Å². The van der Waals surface area contributed by atoms with Gasteiger partial charge in [-0.15, -0.1) is 0 Å². The molecule has 0 aliphatic carbocycles. The van der Waals surface area contributed by atoms with Gasteiger partial charge in [0.1, 0.15) is 9.84 Å². The maximum Gasteiger partial charge on any atom is 0.147 e. The van der Waals surface area contributed by atoms with Crippen molar-refractivity contribution in [3.63, 3.8) is 0 Å². The summed E-state index contributed by atoms with van der Waals surface area (Å²) in [6.07, 6.45) is 3.60. The standard InChI is InChI=1S/C13H20ClNO2S/c1-15-12(7-5-9-18(2,16)17)10-11-6-3-4-8-13(11)14/h3-4,6,8,12,15H,5,7,9-10H2,1-2H3. The van der Waals surface area contributed by atoms with E-state index < -0.39 is 9.84 Å². The lowest BCUT2D eigenvalue weighted by Crippen LogP contribution is -2.28. The second kappa shape index (κ2) is 7.12. The van der Waals surface area contributed by atoms with Gasteiger partial charge < -0.3 is 5.32 Å². The molecular formula is C13H20ClNO2S. The van der Waals surface area contributed by atoms with E-state index in [0.29, 0.717) is 6.42 Å². The number of hydrogen-bond acceptors (Lipinski definition) is 3. The fraction of sp³-hybridized carbons (Fsp3) is 0.538. The van der Waals surface area contributed by atoms with Crippen LogP contribution in [0.15, 0.2) is 24.3 Å². The Balaban J connectivity index is 2.50. The van der Waals surface area contributed by atoms with Gasteiger partial charge in [-0.1, -0.05) is 29.8 Å². The van der Waals surface area contributed by atoms with E-state index >= 15 is 0 Å². The Morgan fingerprint density at radius 1 is 1.33 bits per heavy atom. The Bertz CT molecular complexity index is 474. The lowest BCUT2D eigenvalue weighted by molar-refractivity contribution is 0.511. The van der Waals surface area contributed by atoms with E-state index in [1.807, 2.05) is 31.3 Å². The van der Waals surface area contributed by atoms with Crippen LogP contribution < -0.4 is 5.32 Å². The maximum atomic E-state index is 11.1. The second-order valence-corrected chi connectivity index (χ2v) is 7.22. The van der Waals surface area contributed by atoms with Crippen LogP contribution in [0.1, 0.15) is 18.4 Å². The minimum absolute atomic E-state index is 0.244. The van der Waals surface area contributed by atoms with Crippen molar-refractivity contribution in [2.24, 2.45) is 0 Å². The molecule has 18 heavy (non-hydrogen) atoms. The summed E-state index contributed by atoms with van der Waals surface area (Å²) in [6, 6.07) is 8.00. The van der Waals surface area contributed by atoms with Crippen LogP contribution in [0, 0.1) is 0 Å². The molecule has 0 heterocycles. The minimum Gasteiger partial charge on any atom is -0.317 e. The minimum atomic E-state index is -2.86. The zero-order valence-corrected chi connectivity index (χ0v) is 12.4. The van der Waals surface area contributed by atoms with Gasteiger partial charge in [0.25, 0.3) is 0 Å². The van der Waals surface area contributed by atoms with Crippen molar-refractivity contribution >= 4 is 21.4 Å². The summed E-state index contributed by atoms with van der Waals surface area (Å²) in [5.41, 5.74) is 1.10. The molecule has 1 unspecified atom stereocenters. The summed E-state index contributed by atoms with van der Waals surface area (Å²) in [7, 11) is -0.972. The molecule has 0 saturated carbocycles. The highest BCUT2D eigenvalue weighted by Crippen LogP contribution is 2.18. The van der Waals surface area contributed by atoms with Gasteiger partial charge in [-0.25, -0.2) is 8.42 Å². The smallest absolute Gasteiger partial charge is 0.147 e. The number of hydrogen-bond donors (Lipinski definition) is 1. The predicted octanol–water partition coefficient (Wildman–Crippen LogP) is 2.30. The number of halogens is 1. The molecule has 0 aromatic heterocycles. The summed E-state index contributed by atoms with van der Waals surface area (Å²) in [4.78, 5) is 0. The van der Waals surface area contributed by atoms with E-state index in [4.69, 9.17) is 11.6 Å². The molecule has 1 rings (SSSR count). The summed E-state index contributed by atoms with van der Waals surface area (Å²) >= 11 is 6.11. The molecule has 1 N–H and O–H groups in total. The average molecular weight is 290 g/mol. The molecular weight excluding hydrogens is 270 g/mol. The van der Waals surface area contributed by atoms with E-state index in [2.05, 4.69) is 5.32 Å². The third-order valence-electron chi connectivity index (χ3n) is 2.90. The molecule has 0 aliphatic rings. The van der Waals surface area contributed by atoms with Gasteiger partial charge in [-0.05, 0) is 37.9 Å². The first-order valence-corrected chi connectivity index (χ1v) is 8.44. The molecule has 0 spiro atoms. The normalized spacial score (nSPS) is 13.5. The van der Waals surface area contributed by atoms with E-state index in [9.17, 15) is 8.42 Å². The molecule has 5 heteroatoms. The number of rotatable bonds is 7. The molecule has 1 atom stereocenters. The SMILES string of the molecule is CNC(CCCS(C)(=O)=O)Cc1ccccc1Cl. The molecule has 102 valence electrons. The molecule has 0 fully saturated rings. The van der Waals surface area contributed by atoms with Gasteiger partial charge in [0.2, 0.25) is 0 Å². The zero-order chi connectivity index (χ0) is 13.6. The molecule has 0 saturated heterocycles. The fourth-order valence-corrected chi connectivity index (χ4v) is 2.77. The van der Waals surface area contributed by atoms with Crippen molar-refractivity contribution in [1.29, 1.82) is 0 Å². The van der Waals surface area contributed by atoms with Crippen molar-refractivity contribution in [3.8, 4) is 0 Å². The zero-order valence-electron chi connectivity index (χ0n) is 10.8. The maximum absolute atomic E-state index is 11.1. The highest BCUT2D eigenvalue weighted by atomic mass is 35.5. The van der Waals surface area contributed by atoms with Gasteiger partial charge in [0.05, 0.1) is 0 Å². The van der Waals surface area contributed by atoms with Crippen LogP contribution in [-0.4, -0.2) is 33.5 Å². The molecule has 1 aromatic rings. The summed E-state index contributed by atoms with van der Waals surface area (Å²) < 4.78 is 22.1. The van der Waals surface area contributed by atoms with Gasteiger partial charge >= 0.3 is 0 Å². The monoisotopic (exact) mass is 289 g/mol. The van der Waals surface area contributed by atoms with Crippen molar-refractivity contribution in [1.82, 2.24) is 5.32 Å². The molecule has 0 radical (unpaired) electrons. The van der Waals surface area contributed by atoms with E-state index in [1.54, 1.807) is 0 Å². The van der Waals surface area contributed by atoms with Crippen LogP contribution in [0.4, 0.5) is 0 Å². The third kappa shape index (κ3) is 5.85. The van der Waals surface area contributed by atoms with Crippen LogP contribution in [-0.2, 0) is 16.3 Å². The molecule has 0 aliphatic heterocycles. The summed E-state index contributed by atoms with van der Waals surface area (Å²) in [6.45, 7) is 0. The Morgan fingerprint density at radius 3 is 2.56 bits per heavy atom. The van der Waals surface area contributed by atoms with Crippen molar-refractivity contribution in [3.05, 3.63) is 34.9 Å². The summed E-state index contributed by atoms with van der Waals surface area (Å²) in [5, 5.41) is 3.98. The Kier molecular flexibility index (Phi) is 6.12. The van der Waals surface area contributed by atoms with Gasteiger partial charge in [-0.2, -0.15) is 0 Å². The first-order chi connectivity index (χ1) is 8.42. The Labute approximate surface area is 114 Å². The van der Waals surface area contributed by atoms with Crippen LogP contribution in [0.5, 0.6) is 0 Å². The second-order valence-electron chi connectivity index (χ2n) is 4.55. The molecule has 0 bridgehead atoms. The number of sulfone groups is 1. The average Bonchev–Trinajstić information content (AvgIpc) is 2.29. The Morgan fingerprint density at radius 2 is 2.00 bits per heavy atom. The van der Waals surface area contributed by atoms with Crippen molar-refractivity contribution in [2.45, 2.75) is 25.3 Å². The van der Waals surface area contributed by atoms with Crippen LogP contribution in [0.25, 0.3) is 0 Å². The first kappa shape index (κ1) is 15.5. The largest absolute Gasteiger partial charge is 0.317 e. The Hall–Kier alpha value is -0.580. The number of nitrogens with one attached hydrogen (secondary N) is 1. The highest BCUT2D eigenvalue weighted by molar-refractivity contribution is 7.90. The van der Waals surface area contributed by atoms with Gasteiger partial charge in [0, 0.05) is 23.1 Å². The van der Waals surface area contributed by atoms with Gasteiger partial charge in [0.15, 0.2) is 0 Å². The van der Waals surface area contributed by atoms with Crippen LogP contribution in [0.2, 0.25) is 5.02 Å². The predicted molar refractivity (Wildman–Crippen MR) is 76.9 cm³/mol. The van der Waals surface area contributed by atoms with Gasteiger partial charge in [-0.3, -0.25) is 0 Å². The molecule has 1 aromatic carbocycles. The summed E-state index contributed by atoms with van der Waals surface area (Å²) in [5.74, 6) is 0.244. The quantitative estimate of drug-likeness (QED) is 0.838. The number of likely N-dealkylation sites (N-methyl/N-ethyl adjacent to an activating group) is 1.